The van der Waals surface area contributed by atoms with Crippen LogP contribution in [0.15, 0.2) is 0 Å². The van der Waals surface area contributed by atoms with Crippen LogP contribution in [-0.2, 0) is 0 Å². The van der Waals surface area contributed by atoms with Crippen molar-refractivity contribution in [3.8, 4) is 6.07 Å². The molecule has 0 amide bonds. The van der Waals surface area contributed by atoms with Crippen molar-refractivity contribution in [2.75, 3.05) is 32.7 Å². The van der Waals surface area contributed by atoms with Crippen molar-refractivity contribution in [1.82, 2.24) is 9.80 Å². The van der Waals surface area contributed by atoms with Gasteiger partial charge in [0.05, 0.1) is 12.2 Å². The molecule has 4 heteroatoms. The van der Waals surface area contributed by atoms with Gasteiger partial charge in [-0.3, -0.25) is 4.90 Å². The first kappa shape index (κ1) is 14.4. The number of nitriles is 1. The summed E-state index contributed by atoms with van der Waals surface area (Å²) in [6.45, 7) is 9.06. The molecule has 1 aliphatic heterocycles. The zero-order valence-electron chi connectivity index (χ0n) is 11.1. The molecule has 0 spiro atoms. The molecule has 0 aromatic heterocycles. The number of hydrogen-bond donors (Lipinski definition) is 1. The molecule has 98 valence electrons. The molecule has 0 aromatic rings. The van der Waals surface area contributed by atoms with Gasteiger partial charge in [0.2, 0.25) is 0 Å². The van der Waals surface area contributed by atoms with Gasteiger partial charge in [0, 0.05) is 38.6 Å². The Morgan fingerprint density at radius 3 is 2.82 bits per heavy atom. The Labute approximate surface area is 105 Å². The number of hydrogen-bond acceptors (Lipinski definition) is 4. The molecule has 0 aliphatic carbocycles. The predicted octanol–water partition coefficient (Wildman–Crippen LogP) is 1.07. The molecular weight excluding hydrogens is 214 g/mol. The summed E-state index contributed by atoms with van der Waals surface area (Å²) >= 11 is 0. The summed E-state index contributed by atoms with van der Waals surface area (Å²) in [5.74, 6) is 0. The number of piperazine rings is 1. The van der Waals surface area contributed by atoms with Gasteiger partial charge in [-0.2, -0.15) is 5.26 Å². The minimum Gasteiger partial charge on any atom is -0.392 e. The molecule has 1 N–H and O–H groups in total. The van der Waals surface area contributed by atoms with Gasteiger partial charge in [-0.25, -0.2) is 0 Å². The van der Waals surface area contributed by atoms with Crippen LogP contribution in [0.3, 0.4) is 0 Å². The van der Waals surface area contributed by atoms with E-state index in [1.165, 1.54) is 0 Å². The number of aliphatic hydroxyl groups is 1. The second-order valence-corrected chi connectivity index (χ2v) is 4.97. The molecule has 0 radical (unpaired) electrons. The average molecular weight is 239 g/mol. The number of β-amino-alcohol motifs (C(OH)–C–C–N with tert-alkyl or cyclic N) is 1. The van der Waals surface area contributed by atoms with Crippen molar-refractivity contribution in [2.45, 2.75) is 45.3 Å². The lowest BCUT2D eigenvalue weighted by Crippen LogP contribution is -2.54. The van der Waals surface area contributed by atoms with E-state index in [0.717, 1.165) is 45.6 Å². The van der Waals surface area contributed by atoms with Gasteiger partial charge >= 0.3 is 0 Å². The second kappa shape index (κ2) is 7.65. The average Bonchev–Trinajstić information content (AvgIpc) is 2.30. The summed E-state index contributed by atoms with van der Waals surface area (Å²) in [6.07, 6.45) is 2.52. The van der Waals surface area contributed by atoms with Crippen LogP contribution in [0.25, 0.3) is 0 Å². The molecule has 0 unspecified atom stereocenters. The highest BCUT2D eigenvalue weighted by Gasteiger charge is 2.25. The maximum atomic E-state index is 9.47. The Kier molecular flexibility index (Phi) is 6.49. The lowest BCUT2D eigenvalue weighted by atomic mass is 10.1. The summed E-state index contributed by atoms with van der Waals surface area (Å²) in [5.41, 5.74) is 0. The maximum Gasteiger partial charge on any atom is 0.0639 e. The van der Waals surface area contributed by atoms with Gasteiger partial charge in [0.15, 0.2) is 0 Å². The zero-order valence-corrected chi connectivity index (χ0v) is 11.1. The summed E-state index contributed by atoms with van der Waals surface area (Å²) in [6, 6.07) is 2.75. The van der Waals surface area contributed by atoms with E-state index < -0.39 is 0 Å². The van der Waals surface area contributed by atoms with Crippen molar-refractivity contribution in [3.05, 3.63) is 0 Å². The number of nitrogens with zero attached hydrogens (tertiary/aromatic N) is 3. The van der Waals surface area contributed by atoms with E-state index in [4.69, 9.17) is 5.26 Å². The number of aliphatic hydroxyl groups excluding tert-OH is 1. The van der Waals surface area contributed by atoms with Gasteiger partial charge < -0.3 is 10.0 Å². The minimum atomic E-state index is -0.241. The van der Waals surface area contributed by atoms with Crippen LogP contribution >= 0.6 is 0 Å². The molecule has 1 rings (SSSR count). The summed E-state index contributed by atoms with van der Waals surface area (Å²) in [7, 11) is 0. The largest absolute Gasteiger partial charge is 0.392 e. The van der Waals surface area contributed by atoms with Crippen LogP contribution in [0.5, 0.6) is 0 Å². The molecular formula is C13H25N3O. The van der Waals surface area contributed by atoms with E-state index in [1.54, 1.807) is 0 Å². The Hall–Kier alpha value is -0.630. The second-order valence-electron chi connectivity index (χ2n) is 4.97. The molecule has 17 heavy (non-hydrogen) atoms. The normalized spacial score (nSPS) is 24.5. The Bertz CT molecular complexity index is 250. The maximum absolute atomic E-state index is 9.47. The number of unbranched alkanes of at least 4 members (excludes halogenated alkanes) is 1. The first-order chi connectivity index (χ1) is 8.17. The Morgan fingerprint density at radius 1 is 1.47 bits per heavy atom. The molecule has 1 aliphatic rings. The quantitative estimate of drug-likeness (QED) is 0.704. The highest BCUT2D eigenvalue weighted by molar-refractivity contribution is 4.82. The molecule has 1 heterocycles. The van der Waals surface area contributed by atoms with Crippen molar-refractivity contribution >= 4 is 0 Å². The lowest BCUT2D eigenvalue weighted by molar-refractivity contribution is 0.0364. The molecule has 0 aromatic carbocycles. The van der Waals surface area contributed by atoms with Crippen molar-refractivity contribution in [1.29, 1.82) is 5.26 Å². The van der Waals surface area contributed by atoms with E-state index in [1.807, 2.05) is 6.92 Å². The van der Waals surface area contributed by atoms with Gasteiger partial charge in [-0.15, -0.1) is 0 Å². The van der Waals surface area contributed by atoms with E-state index in [-0.39, 0.29) is 6.10 Å². The minimum absolute atomic E-state index is 0.241. The predicted molar refractivity (Wildman–Crippen MR) is 68.6 cm³/mol. The topological polar surface area (TPSA) is 50.5 Å². The van der Waals surface area contributed by atoms with Crippen LogP contribution in [0, 0.1) is 11.3 Å². The SMILES string of the molecule is CC[C@@H]1CN(CCCC#N)CCN1C[C@H](C)O. The van der Waals surface area contributed by atoms with E-state index in [9.17, 15) is 5.11 Å². The monoisotopic (exact) mass is 239 g/mol. The first-order valence-corrected chi connectivity index (χ1v) is 6.68. The highest BCUT2D eigenvalue weighted by atomic mass is 16.3. The molecule has 4 nitrogen and oxygen atoms in total. The van der Waals surface area contributed by atoms with Gasteiger partial charge in [-0.1, -0.05) is 6.92 Å². The zero-order chi connectivity index (χ0) is 12.7. The Balaban J connectivity index is 2.35. The fourth-order valence-corrected chi connectivity index (χ4v) is 2.51. The summed E-state index contributed by atoms with van der Waals surface area (Å²) in [4.78, 5) is 4.84. The van der Waals surface area contributed by atoms with E-state index >= 15 is 0 Å². The van der Waals surface area contributed by atoms with E-state index in [0.29, 0.717) is 12.5 Å². The number of rotatable bonds is 6. The van der Waals surface area contributed by atoms with Gasteiger partial charge in [0.25, 0.3) is 0 Å². The fraction of sp³-hybridized carbons (Fsp3) is 0.923. The third-order valence-corrected chi connectivity index (χ3v) is 3.42. The van der Waals surface area contributed by atoms with Crippen LogP contribution < -0.4 is 0 Å². The third-order valence-electron chi connectivity index (χ3n) is 3.42. The van der Waals surface area contributed by atoms with E-state index in [2.05, 4.69) is 22.8 Å². The molecule has 1 saturated heterocycles. The molecule has 1 fully saturated rings. The van der Waals surface area contributed by atoms with Crippen LogP contribution in [-0.4, -0.2) is 59.8 Å². The summed E-state index contributed by atoms with van der Waals surface area (Å²) in [5, 5.41) is 18.0. The molecule has 2 atom stereocenters. The van der Waals surface area contributed by atoms with Crippen molar-refractivity contribution in [3.63, 3.8) is 0 Å². The van der Waals surface area contributed by atoms with Gasteiger partial charge in [-0.05, 0) is 26.3 Å². The third kappa shape index (κ3) is 5.03. The highest BCUT2D eigenvalue weighted by Crippen LogP contribution is 2.13. The van der Waals surface area contributed by atoms with Crippen LogP contribution in [0.4, 0.5) is 0 Å². The summed E-state index contributed by atoms with van der Waals surface area (Å²) < 4.78 is 0. The smallest absolute Gasteiger partial charge is 0.0639 e. The van der Waals surface area contributed by atoms with Gasteiger partial charge in [0.1, 0.15) is 0 Å². The van der Waals surface area contributed by atoms with Crippen molar-refractivity contribution < 1.29 is 5.11 Å². The standard InChI is InChI=1S/C13H25N3O/c1-3-13-11-15(7-5-4-6-14)8-9-16(13)10-12(2)17/h12-13,17H,3-5,7-11H2,1-2H3/t12-,13+/m0/s1. The van der Waals surface area contributed by atoms with Crippen LogP contribution in [0.2, 0.25) is 0 Å². The first-order valence-electron chi connectivity index (χ1n) is 6.68. The lowest BCUT2D eigenvalue weighted by Gasteiger charge is -2.41. The molecule has 0 saturated carbocycles. The molecule has 0 bridgehead atoms. The van der Waals surface area contributed by atoms with Crippen LogP contribution in [0.1, 0.15) is 33.1 Å². The Morgan fingerprint density at radius 2 is 2.24 bits per heavy atom. The fourth-order valence-electron chi connectivity index (χ4n) is 2.51. The van der Waals surface area contributed by atoms with Crippen molar-refractivity contribution in [2.24, 2.45) is 0 Å².